The number of pyridine rings is 1. The number of rotatable bonds is 4. The second kappa shape index (κ2) is 7.76. The van der Waals surface area contributed by atoms with Crippen molar-refractivity contribution in [3.05, 3.63) is 72.3 Å². The third kappa shape index (κ3) is 3.37. The van der Waals surface area contributed by atoms with E-state index in [0.717, 1.165) is 46.3 Å². The van der Waals surface area contributed by atoms with Crippen LogP contribution in [0.25, 0.3) is 16.8 Å². The first kappa shape index (κ1) is 18.6. The standard InChI is InChI=1S/C23H23N5O2/c1-16-9-10-22(26-25-16)27-11-12-30-21(14-27)23-20-8-4-7-19(28(20)15-24-23)17-5-3-6-18(13-17)29-2/h3-10,13,15,21H,11-12,14H2,1-2H3. The summed E-state index contributed by atoms with van der Waals surface area (Å²) in [5.74, 6) is 1.70. The summed E-state index contributed by atoms with van der Waals surface area (Å²) in [7, 11) is 1.68. The van der Waals surface area contributed by atoms with Crippen LogP contribution in [0, 0.1) is 6.92 Å². The molecule has 0 radical (unpaired) electrons. The lowest BCUT2D eigenvalue weighted by Crippen LogP contribution is -2.39. The smallest absolute Gasteiger partial charge is 0.151 e. The summed E-state index contributed by atoms with van der Waals surface area (Å²) < 4.78 is 13.6. The first-order valence-electron chi connectivity index (χ1n) is 10.0. The van der Waals surface area contributed by atoms with E-state index in [9.17, 15) is 0 Å². The highest BCUT2D eigenvalue weighted by molar-refractivity contribution is 5.68. The van der Waals surface area contributed by atoms with Crippen molar-refractivity contribution >= 4 is 11.3 Å². The molecule has 0 spiro atoms. The first-order valence-corrected chi connectivity index (χ1v) is 10.0. The molecule has 7 heteroatoms. The highest BCUT2D eigenvalue weighted by Crippen LogP contribution is 2.30. The number of morpholine rings is 1. The van der Waals surface area contributed by atoms with Gasteiger partial charge in [0, 0.05) is 12.1 Å². The van der Waals surface area contributed by atoms with E-state index in [1.807, 2.05) is 43.6 Å². The van der Waals surface area contributed by atoms with Gasteiger partial charge < -0.3 is 14.4 Å². The highest BCUT2D eigenvalue weighted by atomic mass is 16.5. The molecular formula is C23H23N5O2. The van der Waals surface area contributed by atoms with Gasteiger partial charge in [0.05, 0.1) is 42.9 Å². The molecule has 1 fully saturated rings. The van der Waals surface area contributed by atoms with Crippen LogP contribution in [0.15, 0.2) is 60.9 Å². The molecule has 30 heavy (non-hydrogen) atoms. The zero-order valence-electron chi connectivity index (χ0n) is 17.0. The largest absolute Gasteiger partial charge is 0.497 e. The summed E-state index contributed by atoms with van der Waals surface area (Å²) in [5, 5.41) is 8.52. The molecule has 0 bridgehead atoms. The van der Waals surface area contributed by atoms with Gasteiger partial charge in [-0.3, -0.25) is 4.40 Å². The van der Waals surface area contributed by atoms with E-state index in [2.05, 4.69) is 43.8 Å². The molecule has 4 heterocycles. The van der Waals surface area contributed by atoms with Crippen LogP contribution in [0.4, 0.5) is 5.82 Å². The fourth-order valence-electron chi connectivity index (χ4n) is 3.89. The predicted octanol–water partition coefficient (Wildman–Crippen LogP) is 3.69. The van der Waals surface area contributed by atoms with Crippen molar-refractivity contribution in [2.45, 2.75) is 13.0 Å². The summed E-state index contributed by atoms with van der Waals surface area (Å²) in [6, 6.07) is 18.3. The molecule has 0 amide bonds. The number of ether oxygens (including phenoxy) is 2. The molecule has 3 aromatic heterocycles. The minimum Gasteiger partial charge on any atom is -0.497 e. The summed E-state index contributed by atoms with van der Waals surface area (Å²) in [6.07, 6.45) is 1.74. The maximum atomic E-state index is 6.10. The maximum absolute atomic E-state index is 6.10. The lowest BCUT2D eigenvalue weighted by atomic mass is 10.1. The number of hydrogen-bond acceptors (Lipinski definition) is 6. The molecule has 1 aliphatic rings. The van der Waals surface area contributed by atoms with Crippen molar-refractivity contribution in [3.8, 4) is 17.0 Å². The minimum absolute atomic E-state index is 0.132. The van der Waals surface area contributed by atoms with Gasteiger partial charge in [0.25, 0.3) is 0 Å². The lowest BCUT2D eigenvalue weighted by molar-refractivity contribution is 0.0379. The molecule has 1 saturated heterocycles. The number of nitrogens with zero attached hydrogens (tertiary/aromatic N) is 5. The van der Waals surface area contributed by atoms with E-state index in [-0.39, 0.29) is 6.10 Å². The monoisotopic (exact) mass is 401 g/mol. The van der Waals surface area contributed by atoms with Gasteiger partial charge in [-0.25, -0.2) is 4.98 Å². The number of fused-ring (bicyclic) bond motifs is 1. The van der Waals surface area contributed by atoms with Crippen LogP contribution in [-0.2, 0) is 4.74 Å². The summed E-state index contributed by atoms with van der Waals surface area (Å²) in [4.78, 5) is 6.94. The predicted molar refractivity (Wildman–Crippen MR) is 115 cm³/mol. The summed E-state index contributed by atoms with van der Waals surface area (Å²) in [5.41, 5.74) is 5.02. The van der Waals surface area contributed by atoms with E-state index >= 15 is 0 Å². The molecule has 1 atom stereocenters. The van der Waals surface area contributed by atoms with Gasteiger partial charge in [0.1, 0.15) is 18.2 Å². The minimum atomic E-state index is -0.132. The van der Waals surface area contributed by atoms with Crippen LogP contribution >= 0.6 is 0 Å². The normalized spacial score (nSPS) is 16.7. The zero-order chi connectivity index (χ0) is 20.5. The van der Waals surface area contributed by atoms with Gasteiger partial charge in [-0.05, 0) is 43.3 Å². The highest BCUT2D eigenvalue weighted by Gasteiger charge is 2.26. The number of hydrogen-bond donors (Lipinski definition) is 0. The Balaban J connectivity index is 1.48. The molecule has 4 aromatic rings. The lowest BCUT2D eigenvalue weighted by Gasteiger charge is -2.32. The van der Waals surface area contributed by atoms with Crippen LogP contribution in [0.5, 0.6) is 5.75 Å². The maximum Gasteiger partial charge on any atom is 0.151 e. The number of methoxy groups -OCH3 is 1. The Bertz CT molecular complexity index is 1170. The van der Waals surface area contributed by atoms with Crippen molar-refractivity contribution in [2.24, 2.45) is 0 Å². The number of imidazole rings is 1. The van der Waals surface area contributed by atoms with Crippen molar-refractivity contribution in [1.29, 1.82) is 0 Å². The molecule has 0 saturated carbocycles. The van der Waals surface area contributed by atoms with Crippen LogP contribution < -0.4 is 9.64 Å². The first-order chi connectivity index (χ1) is 14.7. The van der Waals surface area contributed by atoms with E-state index in [4.69, 9.17) is 14.5 Å². The molecule has 5 rings (SSSR count). The van der Waals surface area contributed by atoms with Gasteiger partial charge >= 0.3 is 0 Å². The van der Waals surface area contributed by atoms with Crippen LogP contribution in [0.2, 0.25) is 0 Å². The molecule has 1 aromatic carbocycles. The van der Waals surface area contributed by atoms with E-state index < -0.39 is 0 Å². The van der Waals surface area contributed by atoms with Gasteiger partial charge in [0.15, 0.2) is 5.82 Å². The average Bonchev–Trinajstić information content (AvgIpc) is 3.24. The number of anilines is 1. The van der Waals surface area contributed by atoms with Gasteiger partial charge in [-0.1, -0.05) is 18.2 Å². The van der Waals surface area contributed by atoms with Gasteiger partial charge in [-0.2, -0.15) is 5.10 Å². The molecule has 7 nitrogen and oxygen atoms in total. The third-order valence-corrected chi connectivity index (χ3v) is 5.45. The average molecular weight is 401 g/mol. The van der Waals surface area contributed by atoms with Crippen molar-refractivity contribution in [3.63, 3.8) is 0 Å². The molecule has 1 unspecified atom stereocenters. The van der Waals surface area contributed by atoms with Crippen molar-refractivity contribution < 1.29 is 9.47 Å². The van der Waals surface area contributed by atoms with E-state index in [0.29, 0.717) is 13.2 Å². The Hall–Kier alpha value is -3.45. The van der Waals surface area contributed by atoms with Crippen LogP contribution in [0.3, 0.4) is 0 Å². The molecule has 0 aliphatic carbocycles. The molecule has 1 aliphatic heterocycles. The second-order valence-corrected chi connectivity index (χ2v) is 7.37. The van der Waals surface area contributed by atoms with Crippen molar-refractivity contribution in [2.75, 3.05) is 31.7 Å². The third-order valence-electron chi connectivity index (χ3n) is 5.45. The molecule has 152 valence electrons. The molecule has 0 N–H and O–H groups in total. The van der Waals surface area contributed by atoms with Gasteiger partial charge in [-0.15, -0.1) is 5.10 Å². The Morgan fingerprint density at radius 1 is 1.07 bits per heavy atom. The summed E-state index contributed by atoms with van der Waals surface area (Å²) >= 11 is 0. The zero-order valence-corrected chi connectivity index (χ0v) is 17.0. The Labute approximate surface area is 174 Å². The Morgan fingerprint density at radius 2 is 1.97 bits per heavy atom. The second-order valence-electron chi connectivity index (χ2n) is 7.37. The fraction of sp³-hybridized carbons (Fsp3) is 0.261. The number of aromatic nitrogens is 4. The fourth-order valence-corrected chi connectivity index (χ4v) is 3.89. The van der Waals surface area contributed by atoms with Gasteiger partial charge in [0.2, 0.25) is 0 Å². The van der Waals surface area contributed by atoms with E-state index in [1.54, 1.807) is 7.11 Å². The number of benzene rings is 1. The van der Waals surface area contributed by atoms with E-state index in [1.165, 1.54) is 0 Å². The summed E-state index contributed by atoms with van der Waals surface area (Å²) in [6.45, 7) is 4.04. The van der Waals surface area contributed by atoms with Crippen molar-refractivity contribution in [1.82, 2.24) is 19.6 Å². The Kier molecular flexibility index (Phi) is 4.80. The quantitative estimate of drug-likeness (QED) is 0.520. The topological polar surface area (TPSA) is 64.8 Å². The SMILES string of the molecule is COc1cccc(-c2cccc3c(C4CN(c5ccc(C)nn5)CCO4)ncn23)c1. The number of aryl methyl sites for hydroxylation is 1. The van der Waals surface area contributed by atoms with Crippen LogP contribution in [-0.4, -0.2) is 46.4 Å². The Morgan fingerprint density at radius 3 is 2.80 bits per heavy atom. The molecular weight excluding hydrogens is 378 g/mol. The van der Waals surface area contributed by atoms with Crippen LogP contribution in [0.1, 0.15) is 17.5 Å².